The highest BCUT2D eigenvalue weighted by molar-refractivity contribution is 5.95. The van der Waals surface area contributed by atoms with Gasteiger partial charge in [0.15, 0.2) is 0 Å². The molecule has 1 unspecified atom stereocenters. The van der Waals surface area contributed by atoms with E-state index in [-0.39, 0.29) is 25.7 Å². The Hall–Kier alpha value is -4.85. The number of carboxylic acids is 1. The van der Waals surface area contributed by atoms with Crippen molar-refractivity contribution in [2.75, 3.05) is 20.3 Å². The number of pyridine rings is 1. The highest BCUT2D eigenvalue weighted by atomic mass is 19.1. The first-order valence-electron chi connectivity index (χ1n) is 19.2. The van der Waals surface area contributed by atoms with Gasteiger partial charge in [0, 0.05) is 55.9 Å². The standard InChI is InChI=1S/C43H56FN5O7/c1-9-48-36-15-14-29(22-32(36)33(23-43(6,7)25-50)38(48)31-12-10-16-45-37(31)26(2)55-8)30-19-27(18-28(20-30)24-44)21-35(46-41(54)56-42(3,4)5)39(51)49-17-11-13-34(47-49)40(52)53/h10,12,14-16,18-20,22,26,34-35,47,50H,9,11,13,17,21,23-25H2,1-8H3,(H,46,54)(H,52,53)/t26-,34?,35-/m0/s1. The van der Waals surface area contributed by atoms with Crippen molar-refractivity contribution in [3.05, 3.63) is 77.1 Å². The number of nitrogens with zero attached hydrogens (tertiary/aromatic N) is 3. The second-order valence-electron chi connectivity index (χ2n) is 16.3. The lowest BCUT2D eigenvalue weighted by atomic mass is 9.84. The summed E-state index contributed by atoms with van der Waals surface area (Å²) in [5.74, 6) is -1.61. The Labute approximate surface area is 328 Å². The molecule has 13 heteroatoms. The first-order valence-corrected chi connectivity index (χ1v) is 19.2. The molecule has 1 aliphatic rings. The Kier molecular flexibility index (Phi) is 13.2. The predicted molar refractivity (Wildman–Crippen MR) is 213 cm³/mol. The Bertz CT molecular complexity index is 2060. The maximum atomic E-state index is 14.6. The number of alkyl halides is 1. The van der Waals surface area contributed by atoms with E-state index < -0.39 is 47.7 Å². The number of carboxylic acid groups (broad SMARTS) is 1. The zero-order valence-corrected chi connectivity index (χ0v) is 33.7. The van der Waals surface area contributed by atoms with E-state index in [1.165, 1.54) is 5.01 Å². The van der Waals surface area contributed by atoms with Crippen LogP contribution in [0.15, 0.2) is 54.7 Å². The van der Waals surface area contributed by atoms with Gasteiger partial charge < -0.3 is 29.6 Å². The van der Waals surface area contributed by atoms with Crippen molar-refractivity contribution in [2.24, 2.45) is 5.41 Å². The molecule has 3 atom stereocenters. The molecule has 0 aliphatic carbocycles. The number of hydrazine groups is 1. The number of carbonyl (C=O) groups is 3. The fourth-order valence-electron chi connectivity index (χ4n) is 7.33. The van der Waals surface area contributed by atoms with Crippen molar-refractivity contribution in [1.82, 2.24) is 25.3 Å². The third-order valence-electron chi connectivity index (χ3n) is 10.1. The lowest BCUT2D eigenvalue weighted by Gasteiger charge is -2.34. The van der Waals surface area contributed by atoms with E-state index in [9.17, 15) is 29.0 Å². The van der Waals surface area contributed by atoms with Gasteiger partial charge in [-0.2, -0.15) is 0 Å². The van der Waals surface area contributed by atoms with E-state index in [1.54, 1.807) is 46.2 Å². The van der Waals surface area contributed by atoms with Crippen LogP contribution in [0.2, 0.25) is 0 Å². The summed E-state index contributed by atoms with van der Waals surface area (Å²) in [6.07, 6.45) is 2.06. The minimum atomic E-state index is -1.15. The van der Waals surface area contributed by atoms with Gasteiger partial charge in [0.25, 0.3) is 5.91 Å². The number of rotatable bonds is 14. The summed E-state index contributed by atoms with van der Waals surface area (Å²) in [6, 6.07) is 13.3. The number of methoxy groups -OCH3 is 1. The lowest BCUT2D eigenvalue weighted by molar-refractivity contribution is -0.147. The maximum Gasteiger partial charge on any atom is 0.408 e. The van der Waals surface area contributed by atoms with Gasteiger partial charge in [-0.25, -0.2) is 14.6 Å². The smallest absolute Gasteiger partial charge is 0.408 e. The van der Waals surface area contributed by atoms with Crippen LogP contribution < -0.4 is 10.7 Å². The molecule has 3 heterocycles. The first kappa shape index (κ1) is 42.3. The van der Waals surface area contributed by atoms with Crippen molar-refractivity contribution >= 4 is 28.9 Å². The summed E-state index contributed by atoms with van der Waals surface area (Å²) in [5, 5.41) is 25.0. The summed E-state index contributed by atoms with van der Waals surface area (Å²) < 4.78 is 28.1. The largest absolute Gasteiger partial charge is 0.480 e. The second-order valence-corrected chi connectivity index (χ2v) is 16.3. The van der Waals surface area contributed by atoms with Crippen LogP contribution in [0.4, 0.5) is 9.18 Å². The average molecular weight is 774 g/mol. The molecule has 2 aromatic carbocycles. The monoisotopic (exact) mass is 773 g/mol. The number of alkyl carbamates (subject to hydrolysis) is 1. The Balaban J connectivity index is 1.62. The number of carbonyl (C=O) groups excluding carboxylic acids is 2. The summed E-state index contributed by atoms with van der Waals surface area (Å²) in [7, 11) is 1.66. The van der Waals surface area contributed by atoms with Crippen molar-refractivity contribution in [3.63, 3.8) is 0 Å². The van der Waals surface area contributed by atoms with Gasteiger partial charge >= 0.3 is 12.1 Å². The summed E-state index contributed by atoms with van der Waals surface area (Å²) >= 11 is 0. The molecule has 1 fully saturated rings. The molecule has 56 heavy (non-hydrogen) atoms. The van der Waals surface area contributed by atoms with Crippen LogP contribution in [0.1, 0.15) is 89.8 Å². The van der Waals surface area contributed by atoms with Crippen molar-refractivity contribution < 1.29 is 38.5 Å². The number of aliphatic hydroxyl groups is 1. The zero-order valence-electron chi connectivity index (χ0n) is 33.7. The van der Waals surface area contributed by atoms with E-state index in [4.69, 9.17) is 14.5 Å². The molecule has 1 saturated heterocycles. The second kappa shape index (κ2) is 17.5. The van der Waals surface area contributed by atoms with Gasteiger partial charge in [-0.3, -0.25) is 19.6 Å². The van der Waals surface area contributed by atoms with Crippen LogP contribution in [-0.2, 0) is 45.1 Å². The van der Waals surface area contributed by atoms with Crippen LogP contribution >= 0.6 is 0 Å². The quantitative estimate of drug-likeness (QED) is 0.105. The minimum absolute atomic E-state index is 0.00908. The molecule has 2 amide bonds. The van der Waals surface area contributed by atoms with Crippen LogP contribution in [0.25, 0.3) is 33.3 Å². The summed E-state index contributed by atoms with van der Waals surface area (Å²) in [5.41, 5.74) is 8.81. The van der Waals surface area contributed by atoms with E-state index in [0.717, 1.165) is 44.5 Å². The van der Waals surface area contributed by atoms with Gasteiger partial charge in [-0.05, 0) is 117 Å². The summed E-state index contributed by atoms with van der Waals surface area (Å²) in [6.45, 7) is 13.4. The average Bonchev–Trinajstić information content (AvgIpc) is 3.47. The van der Waals surface area contributed by atoms with E-state index in [1.807, 2.05) is 39.0 Å². The molecule has 0 saturated carbocycles. The Morgan fingerprint density at radius 2 is 1.80 bits per heavy atom. The molecular weight excluding hydrogens is 717 g/mol. The number of aliphatic hydroxyl groups excluding tert-OH is 1. The molecule has 12 nitrogen and oxygen atoms in total. The fraction of sp³-hybridized carbons (Fsp3) is 0.488. The van der Waals surface area contributed by atoms with Crippen LogP contribution in [0.3, 0.4) is 0 Å². The number of hydrogen-bond donors (Lipinski definition) is 4. The molecule has 302 valence electrons. The number of amides is 2. The van der Waals surface area contributed by atoms with E-state index in [0.29, 0.717) is 36.9 Å². The Morgan fingerprint density at radius 3 is 2.45 bits per heavy atom. The minimum Gasteiger partial charge on any atom is -0.480 e. The molecule has 0 bridgehead atoms. The number of aliphatic carboxylic acids is 1. The van der Waals surface area contributed by atoms with Crippen LogP contribution in [0.5, 0.6) is 0 Å². The van der Waals surface area contributed by atoms with Gasteiger partial charge in [-0.15, -0.1) is 0 Å². The number of aryl methyl sites for hydroxylation is 1. The van der Waals surface area contributed by atoms with E-state index in [2.05, 4.69) is 40.4 Å². The third-order valence-corrected chi connectivity index (χ3v) is 10.1. The van der Waals surface area contributed by atoms with Crippen LogP contribution in [0, 0.1) is 5.41 Å². The highest BCUT2D eigenvalue weighted by Crippen LogP contribution is 2.41. The zero-order chi connectivity index (χ0) is 40.9. The first-order chi connectivity index (χ1) is 26.5. The highest BCUT2D eigenvalue weighted by Gasteiger charge is 2.34. The van der Waals surface area contributed by atoms with Crippen LogP contribution in [-0.4, -0.2) is 80.7 Å². The maximum absolute atomic E-state index is 14.6. The normalized spacial score (nSPS) is 16.1. The van der Waals surface area contributed by atoms with Gasteiger partial charge in [-0.1, -0.05) is 32.0 Å². The van der Waals surface area contributed by atoms with Crippen molar-refractivity contribution in [1.29, 1.82) is 0 Å². The predicted octanol–water partition coefficient (Wildman–Crippen LogP) is 7.14. The molecule has 5 rings (SSSR count). The molecule has 4 N–H and O–H groups in total. The third kappa shape index (κ3) is 9.74. The van der Waals surface area contributed by atoms with Crippen molar-refractivity contribution in [2.45, 2.75) is 111 Å². The Morgan fingerprint density at radius 1 is 1.07 bits per heavy atom. The molecule has 1 aliphatic heterocycles. The van der Waals surface area contributed by atoms with Gasteiger partial charge in [0.2, 0.25) is 0 Å². The number of halogens is 1. The summed E-state index contributed by atoms with van der Waals surface area (Å²) in [4.78, 5) is 43.5. The topological polar surface area (TPSA) is 155 Å². The number of ether oxygens (including phenoxy) is 2. The number of hydrogen-bond acceptors (Lipinski definition) is 8. The number of nitrogens with one attached hydrogen (secondary N) is 2. The molecular formula is C43H56FN5O7. The number of fused-ring (bicyclic) bond motifs is 1. The van der Waals surface area contributed by atoms with Gasteiger partial charge in [0.05, 0.1) is 17.5 Å². The molecule has 0 radical (unpaired) electrons. The fourth-order valence-corrected chi connectivity index (χ4v) is 7.33. The number of benzene rings is 2. The lowest BCUT2D eigenvalue weighted by Crippen LogP contribution is -2.60. The molecule has 0 spiro atoms. The number of aromatic nitrogens is 2. The van der Waals surface area contributed by atoms with Crippen molar-refractivity contribution in [3.8, 4) is 22.4 Å². The van der Waals surface area contributed by atoms with Gasteiger partial charge in [0.1, 0.15) is 24.4 Å². The molecule has 4 aromatic rings. The molecule has 2 aromatic heterocycles. The SMILES string of the molecule is CCn1c(-c2cccnc2[C@H](C)OC)c(CC(C)(C)CO)c2cc(-c3cc(CF)cc(C[C@H](NC(=O)OC(C)(C)C)C(=O)N4CCCC(C(=O)O)N4)c3)ccc21. The van der Waals surface area contributed by atoms with E-state index >= 15 is 0 Å².